The molecular formula is C13H24N4O2S. The predicted molar refractivity (Wildman–Crippen MR) is 77.3 cm³/mol. The summed E-state index contributed by atoms with van der Waals surface area (Å²) in [5.74, 6) is 0.278. The number of piperazine rings is 1. The summed E-state index contributed by atoms with van der Waals surface area (Å²) in [6, 6.07) is 2.28. The fourth-order valence-corrected chi connectivity index (χ4v) is 4.10. The van der Waals surface area contributed by atoms with Gasteiger partial charge in [-0.3, -0.25) is 0 Å². The quantitative estimate of drug-likeness (QED) is 0.787. The Balaban J connectivity index is 1.78. The van der Waals surface area contributed by atoms with Gasteiger partial charge in [0.1, 0.15) is 5.54 Å². The first-order chi connectivity index (χ1) is 9.35. The molecule has 2 fully saturated rings. The number of nitriles is 1. The normalized spacial score (nSPS) is 33.1. The van der Waals surface area contributed by atoms with Gasteiger partial charge in [0.15, 0.2) is 0 Å². The van der Waals surface area contributed by atoms with Crippen LogP contribution in [0.15, 0.2) is 0 Å². The van der Waals surface area contributed by atoms with Crippen LogP contribution in [0.4, 0.5) is 0 Å². The van der Waals surface area contributed by atoms with Crippen molar-refractivity contribution in [2.45, 2.75) is 31.2 Å². The second-order valence-corrected chi connectivity index (χ2v) is 8.02. The Morgan fingerprint density at radius 3 is 2.55 bits per heavy atom. The standard InChI is InChI=1S/C13H24N4O2S/c1-20(18,19)17-9-7-16(8-10-17)6-4-12-3-2-5-13(12,15)11-14/h12H,2-10,15H2,1H3. The molecule has 2 N–H and O–H groups in total. The van der Waals surface area contributed by atoms with Gasteiger partial charge in [-0.2, -0.15) is 9.57 Å². The van der Waals surface area contributed by atoms with Gasteiger partial charge in [-0.1, -0.05) is 6.42 Å². The molecule has 0 amide bonds. The molecule has 1 aliphatic heterocycles. The average Bonchev–Trinajstić information content (AvgIpc) is 2.78. The molecule has 114 valence electrons. The summed E-state index contributed by atoms with van der Waals surface area (Å²) >= 11 is 0. The lowest BCUT2D eigenvalue weighted by molar-refractivity contribution is 0.173. The second-order valence-electron chi connectivity index (χ2n) is 6.03. The molecule has 2 unspecified atom stereocenters. The van der Waals surface area contributed by atoms with E-state index in [2.05, 4.69) is 11.0 Å². The fraction of sp³-hybridized carbons (Fsp3) is 0.923. The van der Waals surface area contributed by atoms with Crippen molar-refractivity contribution < 1.29 is 8.42 Å². The van der Waals surface area contributed by atoms with Gasteiger partial charge in [0.05, 0.1) is 12.3 Å². The van der Waals surface area contributed by atoms with Crippen molar-refractivity contribution in [3.63, 3.8) is 0 Å². The van der Waals surface area contributed by atoms with Crippen LogP contribution in [-0.4, -0.2) is 62.1 Å². The van der Waals surface area contributed by atoms with E-state index in [-0.39, 0.29) is 5.92 Å². The SMILES string of the molecule is CS(=O)(=O)N1CCN(CCC2CCCC2(N)C#N)CC1. The Morgan fingerprint density at radius 1 is 1.35 bits per heavy atom. The molecule has 7 heteroatoms. The topological polar surface area (TPSA) is 90.4 Å². The minimum atomic E-state index is -3.06. The van der Waals surface area contributed by atoms with Crippen molar-refractivity contribution in [1.29, 1.82) is 5.26 Å². The molecule has 20 heavy (non-hydrogen) atoms. The van der Waals surface area contributed by atoms with Gasteiger partial charge in [-0.25, -0.2) is 8.42 Å². The summed E-state index contributed by atoms with van der Waals surface area (Å²) in [5.41, 5.74) is 5.49. The highest BCUT2D eigenvalue weighted by Gasteiger charge is 2.39. The lowest BCUT2D eigenvalue weighted by Crippen LogP contribution is -2.49. The zero-order valence-electron chi connectivity index (χ0n) is 12.1. The largest absolute Gasteiger partial charge is 0.313 e. The maximum atomic E-state index is 11.4. The van der Waals surface area contributed by atoms with Crippen LogP contribution in [0.3, 0.4) is 0 Å². The zero-order valence-corrected chi connectivity index (χ0v) is 12.9. The second kappa shape index (κ2) is 5.98. The summed E-state index contributed by atoms with van der Waals surface area (Å²) in [6.45, 7) is 3.57. The van der Waals surface area contributed by atoms with E-state index < -0.39 is 15.6 Å². The molecule has 6 nitrogen and oxygen atoms in total. The van der Waals surface area contributed by atoms with E-state index in [0.717, 1.165) is 45.3 Å². The van der Waals surface area contributed by atoms with E-state index in [1.807, 2.05) is 0 Å². The number of nitrogens with two attached hydrogens (primary N) is 1. The van der Waals surface area contributed by atoms with Crippen LogP contribution >= 0.6 is 0 Å². The monoisotopic (exact) mass is 300 g/mol. The smallest absolute Gasteiger partial charge is 0.211 e. The third kappa shape index (κ3) is 3.50. The summed E-state index contributed by atoms with van der Waals surface area (Å²) in [5, 5.41) is 9.19. The highest BCUT2D eigenvalue weighted by atomic mass is 32.2. The van der Waals surface area contributed by atoms with Crippen molar-refractivity contribution >= 4 is 10.0 Å². The fourth-order valence-electron chi connectivity index (χ4n) is 3.27. The first kappa shape index (κ1) is 15.7. The molecule has 0 aromatic rings. The summed E-state index contributed by atoms with van der Waals surface area (Å²) in [6.07, 6.45) is 5.07. The third-order valence-electron chi connectivity index (χ3n) is 4.67. The van der Waals surface area contributed by atoms with Crippen LogP contribution in [0.5, 0.6) is 0 Å². The van der Waals surface area contributed by atoms with Crippen LogP contribution < -0.4 is 5.73 Å². The van der Waals surface area contributed by atoms with E-state index in [4.69, 9.17) is 5.73 Å². The van der Waals surface area contributed by atoms with Crippen molar-refractivity contribution in [3.8, 4) is 6.07 Å². The van der Waals surface area contributed by atoms with Gasteiger partial charge in [0.2, 0.25) is 10.0 Å². The minimum Gasteiger partial charge on any atom is -0.313 e. The Hall–Kier alpha value is -0.680. The molecule has 2 atom stereocenters. The van der Waals surface area contributed by atoms with Crippen LogP contribution in [-0.2, 0) is 10.0 Å². The average molecular weight is 300 g/mol. The highest BCUT2D eigenvalue weighted by molar-refractivity contribution is 7.88. The minimum absolute atomic E-state index is 0.278. The molecule has 0 spiro atoms. The van der Waals surface area contributed by atoms with Gasteiger partial charge in [0, 0.05) is 26.2 Å². The molecule has 0 radical (unpaired) electrons. The van der Waals surface area contributed by atoms with Gasteiger partial charge < -0.3 is 10.6 Å². The molecule has 1 heterocycles. The van der Waals surface area contributed by atoms with Gasteiger partial charge in [-0.05, 0) is 31.7 Å². The Labute approximate surface area is 121 Å². The number of nitrogens with zero attached hydrogens (tertiary/aromatic N) is 3. The third-order valence-corrected chi connectivity index (χ3v) is 5.98. The maximum Gasteiger partial charge on any atom is 0.211 e. The molecule has 2 rings (SSSR count). The van der Waals surface area contributed by atoms with Crippen LogP contribution in [0.1, 0.15) is 25.7 Å². The Bertz CT molecular complexity index is 479. The number of hydrogen-bond donors (Lipinski definition) is 1. The lowest BCUT2D eigenvalue weighted by Gasteiger charge is -2.34. The van der Waals surface area contributed by atoms with Crippen LogP contribution in [0.25, 0.3) is 0 Å². The van der Waals surface area contributed by atoms with Crippen molar-refractivity contribution in [2.75, 3.05) is 39.0 Å². The Kier molecular flexibility index (Phi) is 4.69. The Morgan fingerprint density at radius 2 is 2.00 bits per heavy atom. The molecule has 2 aliphatic rings. The molecule has 0 aromatic heterocycles. The number of sulfonamides is 1. The maximum absolute atomic E-state index is 11.4. The molecule has 1 saturated heterocycles. The number of hydrogen-bond acceptors (Lipinski definition) is 5. The zero-order chi connectivity index (χ0) is 14.8. The van der Waals surface area contributed by atoms with E-state index in [0.29, 0.717) is 13.1 Å². The summed E-state index contributed by atoms with van der Waals surface area (Å²) in [7, 11) is -3.06. The van der Waals surface area contributed by atoms with Gasteiger partial charge in [0.25, 0.3) is 0 Å². The van der Waals surface area contributed by atoms with Crippen LogP contribution in [0, 0.1) is 17.2 Å². The first-order valence-electron chi connectivity index (χ1n) is 7.23. The first-order valence-corrected chi connectivity index (χ1v) is 9.07. The van der Waals surface area contributed by atoms with E-state index in [1.54, 1.807) is 0 Å². The van der Waals surface area contributed by atoms with Gasteiger partial charge >= 0.3 is 0 Å². The van der Waals surface area contributed by atoms with E-state index >= 15 is 0 Å². The highest BCUT2D eigenvalue weighted by Crippen LogP contribution is 2.35. The molecule has 1 aliphatic carbocycles. The molecule has 0 bridgehead atoms. The van der Waals surface area contributed by atoms with Gasteiger partial charge in [-0.15, -0.1) is 0 Å². The van der Waals surface area contributed by atoms with Crippen molar-refractivity contribution in [1.82, 2.24) is 9.21 Å². The predicted octanol–water partition coefficient (Wildman–Crippen LogP) is -0.0251. The summed E-state index contributed by atoms with van der Waals surface area (Å²) < 4.78 is 24.4. The lowest BCUT2D eigenvalue weighted by atomic mass is 9.87. The summed E-state index contributed by atoms with van der Waals surface area (Å²) in [4.78, 5) is 2.28. The van der Waals surface area contributed by atoms with Crippen molar-refractivity contribution in [2.24, 2.45) is 11.7 Å². The van der Waals surface area contributed by atoms with Crippen LogP contribution in [0.2, 0.25) is 0 Å². The molecule has 0 aromatic carbocycles. The van der Waals surface area contributed by atoms with Crippen molar-refractivity contribution in [3.05, 3.63) is 0 Å². The molecular weight excluding hydrogens is 276 g/mol. The number of rotatable bonds is 4. The van der Waals surface area contributed by atoms with E-state index in [9.17, 15) is 13.7 Å². The molecule has 1 saturated carbocycles. The van der Waals surface area contributed by atoms with E-state index in [1.165, 1.54) is 10.6 Å².